The monoisotopic (exact) mass is 354 g/mol. The molecule has 4 rings (SSSR count). The van der Waals surface area contributed by atoms with Crippen LogP contribution in [0.25, 0.3) is 11.0 Å². The number of piperidine rings is 1. The first-order valence-corrected chi connectivity index (χ1v) is 9.57. The number of fused-ring (bicyclic) bond motifs is 1. The lowest BCUT2D eigenvalue weighted by Crippen LogP contribution is -2.44. The molecule has 0 radical (unpaired) electrons. The van der Waals surface area contributed by atoms with Crippen molar-refractivity contribution in [3.05, 3.63) is 29.1 Å². The molecule has 6 heteroatoms. The number of aromatic amines is 1. The van der Waals surface area contributed by atoms with Crippen LogP contribution in [0.2, 0.25) is 0 Å². The molecule has 0 aliphatic carbocycles. The molecule has 1 N–H and O–H groups in total. The maximum absolute atomic E-state index is 12.9. The van der Waals surface area contributed by atoms with E-state index in [9.17, 15) is 9.59 Å². The molecule has 0 unspecified atom stereocenters. The number of benzene rings is 1. The van der Waals surface area contributed by atoms with E-state index in [1.807, 2.05) is 4.90 Å². The minimum Gasteiger partial charge on any atom is -0.340 e. The molecular weight excluding hydrogens is 328 g/mol. The number of carbonyl (C=O) groups is 2. The Kier molecular flexibility index (Phi) is 4.42. The predicted molar refractivity (Wildman–Crippen MR) is 99.7 cm³/mol. The van der Waals surface area contributed by atoms with Crippen molar-refractivity contribution < 1.29 is 9.59 Å². The lowest BCUT2D eigenvalue weighted by atomic mass is 10.0. The van der Waals surface area contributed by atoms with Crippen LogP contribution in [-0.2, 0) is 9.59 Å². The normalized spacial score (nSPS) is 21.0. The summed E-state index contributed by atoms with van der Waals surface area (Å²) in [7, 11) is 0. The predicted octanol–water partition coefficient (Wildman–Crippen LogP) is 2.86. The van der Waals surface area contributed by atoms with Crippen LogP contribution in [0.15, 0.2) is 12.1 Å². The van der Waals surface area contributed by atoms with Gasteiger partial charge in [0.1, 0.15) is 5.82 Å². The van der Waals surface area contributed by atoms with Crippen molar-refractivity contribution in [2.45, 2.75) is 52.0 Å². The van der Waals surface area contributed by atoms with Crippen LogP contribution in [0.4, 0.5) is 0 Å². The Morgan fingerprint density at radius 1 is 1.19 bits per heavy atom. The SMILES string of the molecule is Cc1cc2nc([C@H]3CCCCN3C(=O)CN3CCCC3=O)[nH]c2cc1C. The van der Waals surface area contributed by atoms with Crippen molar-refractivity contribution in [1.29, 1.82) is 0 Å². The summed E-state index contributed by atoms with van der Waals surface area (Å²) in [5.74, 6) is 1.00. The number of aryl methyl sites for hydroxylation is 2. The summed E-state index contributed by atoms with van der Waals surface area (Å²) in [6.45, 7) is 5.83. The van der Waals surface area contributed by atoms with Crippen molar-refractivity contribution in [3.8, 4) is 0 Å². The highest BCUT2D eigenvalue weighted by atomic mass is 16.2. The Bertz CT molecular complexity index is 818. The number of likely N-dealkylation sites (tertiary alicyclic amines) is 2. The van der Waals surface area contributed by atoms with E-state index in [1.165, 1.54) is 11.1 Å². The zero-order valence-corrected chi connectivity index (χ0v) is 15.5. The van der Waals surface area contributed by atoms with Gasteiger partial charge in [-0.05, 0) is 62.8 Å². The quantitative estimate of drug-likeness (QED) is 0.921. The highest BCUT2D eigenvalue weighted by Crippen LogP contribution is 2.31. The standard InChI is InChI=1S/C20H26N4O2/c1-13-10-15-16(11-14(13)2)22-20(21-15)17-6-3-4-9-24(17)19(26)12-23-8-5-7-18(23)25/h10-11,17H,3-9,12H2,1-2H3,(H,21,22)/t17-/m1/s1. The summed E-state index contributed by atoms with van der Waals surface area (Å²) in [5, 5.41) is 0. The third-order valence-corrected chi connectivity index (χ3v) is 5.75. The molecule has 0 saturated carbocycles. The van der Waals surface area contributed by atoms with Crippen LogP contribution in [0.1, 0.15) is 55.1 Å². The van der Waals surface area contributed by atoms with E-state index in [1.54, 1.807) is 4.90 Å². The van der Waals surface area contributed by atoms with Crippen LogP contribution in [-0.4, -0.2) is 51.2 Å². The summed E-state index contributed by atoms with van der Waals surface area (Å²) in [4.78, 5) is 36.6. The van der Waals surface area contributed by atoms with Gasteiger partial charge in [-0.15, -0.1) is 0 Å². The molecule has 2 aliphatic rings. The van der Waals surface area contributed by atoms with Gasteiger partial charge in [0.2, 0.25) is 11.8 Å². The first kappa shape index (κ1) is 17.1. The van der Waals surface area contributed by atoms with Gasteiger partial charge >= 0.3 is 0 Å². The van der Waals surface area contributed by atoms with Crippen molar-refractivity contribution in [1.82, 2.24) is 19.8 Å². The van der Waals surface area contributed by atoms with Gasteiger partial charge in [-0.2, -0.15) is 0 Å². The number of nitrogens with zero attached hydrogens (tertiary/aromatic N) is 3. The second-order valence-corrected chi connectivity index (χ2v) is 7.59. The van der Waals surface area contributed by atoms with Crippen molar-refractivity contribution in [3.63, 3.8) is 0 Å². The summed E-state index contributed by atoms with van der Waals surface area (Å²) in [5.41, 5.74) is 4.43. The summed E-state index contributed by atoms with van der Waals surface area (Å²) < 4.78 is 0. The Balaban J connectivity index is 1.59. The van der Waals surface area contributed by atoms with E-state index < -0.39 is 0 Å². The molecule has 2 fully saturated rings. The number of hydrogen-bond acceptors (Lipinski definition) is 3. The number of carbonyl (C=O) groups excluding carboxylic acids is 2. The second kappa shape index (κ2) is 6.74. The number of imidazole rings is 1. The smallest absolute Gasteiger partial charge is 0.242 e. The van der Waals surface area contributed by atoms with E-state index in [2.05, 4.69) is 31.0 Å². The van der Waals surface area contributed by atoms with E-state index in [-0.39, 0.29) is 24.4 Å². The Hall–Kier alpha value is -2.37. The van der Waals surface area contributed by atoms with E-state index in [4.69, 9.17) is 4.98 Å². The summed E-state index contributed by atoms with van der Waals surface area (Å²) in [6, 6.07) is 4.20. The molecule has 1 aromatic carbocycles. The van der Waals surface area contributed by atoms with E-state index in [0.29, 0.717) is 13.0 Å². The number of amides is 2. The molecule has 0 bridgehead atoms. The summed E-state index contributed by atoms with van der Waals surface area (Å²) >= 11 is 0. The van der Waals surface area contributed by atoms with Gasteiger partial charge in [-0.3, -0.25) is 9.59 Å². The molecule has 2 aliphatic heterocycles. The van der Waals surface area contributed by atoms with Gasteiger partial charge in [0, 0.05) is 19.5 Å². The number of nitrogens with one attached hydrogen (secondary N) is 1. The number of rotatable bonds is 3. The fourth-order valence-electron chi connectivity index (χ4n) is 4.09. The molecule has 2 amide bonds. The Morgan fingerprint density at radius 3 is 2.77 bits per heavy atom. The molecule has 2 saturated heterocycles. The summed E-state index contributed by atoms with van der Waals surface area (Å²) in [6.07, 6.45) is 4.44. The lowest BCUT2D eigenvalue weighted by molar-refractivity contribution is -0.141. The van der Waals surface area contributed by atoms with Crippen LogP contribution in [0, 0.1) is 13.8 Å². The molecule has 6 nitrogen and oxygen atoms in total. The molecule has 1 aromatic heterocycles. The molecule has 3 heterocycles. The van der Waals surface area contributed by atoms with Crippen molar-refractivity contribution >= 4 is 22.8 Å². The highest BCUT2D eigenvalue weighted by molar-refractivity contribution is 5.86. The molecular formula is C20H26N4O2. The Morgan fingerprint density at radius 2 is 2.00 bits per heavy atom. The topological polar surface area (TPSA) is 69.3 Å². The highest BCUT2D eigenvalue weighted by Gasteiger charge is 2.32. The van der Waals surface area contributed by atoms with Gasteiger partial charge in [0.15, 0.2) is 0 Å². The minimum atomic E-state index is -0.0260. The molecule has 138 valence electrons. The number of aromatic nitrogens is 2. The van der Waals surface area contributed by atoms with Gasteiger partial charge < -0.3 is 14.8 Å². The van der Waals surface area contributed by atoms with Gasteiger partial charge in [-0.25, -0.2) is 4.98 Å². The zero-order valence-electron chi connectivity index (χ0n) is 15.5. The first-order chi connectivity index (χ1) is 12.5. The van der Waals surface area contributed by atoms with Crippen molar-refractivity contribution in [2.75, 3.05) is 19.6 Å². The third kappa shape index (κ3) is 3.08. The lowest BCUT2D eigenvalue weighted by Gasteiger charge is -2.35. The fraction of sp³-hybridized carbons (Fsp3) is 0.550. The minimum absolute atomic E-state index is 0.0260. The maximum atomic E-state index is 12.9. The number of hydrogen-bond donors (Lipinski definition) is 1. The zero-order chi connectivity index (χ0) is 18.3. The molecule has 0 spiro atoms. The van der Waals surface area contributed by atoms with Gasteiger partial charge in [0.05, 0.1) is 23.6 Å². The fourth-order valence-corrected chi connectivity index (χ4v) is 4.09. The molecule has 26 heavy (non-hydrogen) atoms. The third-order valence-electron chi connectivity index (χ3n) is 5.75. The second-order valence-electron chi connectivity index (χ2n) is 7.59. The average Bonchev–Trinajstić information content (AvgIpc) is 3.21. The average molecular weight is 354 g/mol. The van der Waals surface area contributed by atoms with Crippen LogP contribution >= 0.6 is 0 Å². The molecule has 2 aromatic rings. The van der Waals surface area contributed by atoms with E-state index in [0.717, 1.165) is 49.1 Å². The largest absolute Gasteiger partial charge is 0.340 e. The number of H-pyrrole nitrogens is 1. The van der Waals surface area contributed by atoms with Crippen LogP contribution < -0.4 is 0 Å². The first-order valence-electron chi connectivity index (χ1n) is 9.57. The van der Waals surface area contributed by atoms with Gasteiger partial charge in [-0.1, -0.05) is 0 Å². The molecule has 1 atom stereocenters. The van der Waals surface area contributed by atoms with Crippen LogP contribution in [0.3, 0.4) is 0 Å². The van der Waals surface area contributed by atoms with Gasteiger partial charge in [0.25, 0.3) is 0 Å². The van der Waals surface area contributed by atoms with E-state index >= 15 is 0 Å². The van der Waals surface area contributed by atoms with Crippen LogP contribution in [0.5, 0.6) is 0 Å². The maximum Gasteiger partial charge on any atom is 0.242 e. The Labute approximate surface area is 153 Å². The van der Waals surface area contributed by atoms with Crippen molar-refractivity contribution in [2.24, 2.45) is 0 Å².